The molecule has 0 aromatic heterocycles. The number of hydrogen-bond donors (Lipinski definition) is 3. The summed E-state index contributed by atoms with van der Waals surface area (Å²) in [5.74, 6) is -0.579. The van der Waals surface area contributed by atoms with Crippen molar-refractivity contribution in [1.82, 2.24) is 0 Å². The van der Waals surface area contributed by atoms with Gasteiger partial charge in [0.1, 0.15) is 5.84 Å². The SMILES string of the molecule is COc1cc(C(N)=O)c(C(N)=Nc2cccc(NC(=O)c3ccccc3Cl)c2)c(OC)c1OC. The van der Waals surface area contributed by atoms with Crippen LogP contribution in [0.4, 0.5) is 11.4 Å². The average Bonchev–Trinajstić information content (AvgIpc) is 2.82. The van der Waals surface area contributed by atoms with Crippen LogP contribution in [0.25, 0.3) is 0 Å². The number of nitrogens with one attached hydrogen (secondary N) is 1. The zero-order valence-electron chi connectivity index (χ0n) is 18.7. The molecule has 10 heteroatoms. The van der Waals surface area contributed by atoms with E-state index >= 15 is 0 Å². The number of anilines is 1. The van der Waals surface area contributed by atoms with Gasteiger partial charge in [0, 0.05) is 5.69 Å². The molecule has 0 unspecified atom stereocenters. The minimum absolute atomic E-state index is 0.0407. The first-order chi connectivity index (χ1) is 16.3. The summed E-state index contributed by atoms with van der Waals surface area (Å²) >= 11 is 6.10. The largest absolute Gasteiger partial charge is 0.493 e. The van der Waals surface area contributed by atoms with E-state index < -0.39 is 5.91 Å². The van der Waals surface area contributed by atoms with Gasteiger partial charge >= 0.3 is 0 Å². The Morgan fingerprint density at radius 2 is 1.59 bits per heavy atom. The molecule has 0 bridgehead atoms. The fraction of sp³-hybridized carbons (Fsp3) is 0.125. The summed E-state index contributed by atoms with van der Waals surface area (Å²) in [6.07, 6.45) is 0. The molecular formula is C24H23ClN4O5. The normalized spacial score (nSPS) is 11.0. The van der Waals surface area contributed by atoms with Crippen LogP contribution in [0.1, 0.15) is 26.3 Å². The molecule has 0 aliphatic heterocycles. The second-order valence-electron chi connectivity index (χ2n) is 6.91. The van der Waals surface area contributed by atoms with E-state index in [1.807, 2.05) is 0 Å². The van der Waals surface area contributed by atoms with Gasteiger partial charge in [-0.3, -0.25) is 9.59 Å². The number of halogens is 1. The number of aliphatic imine (C=N–C) groups is 1. The molecule has 0 aliphatic rings. The Balaban J connectivity index is 2.02. The van der Waals surface area contributed by atoms with Crippen molar-refractivity contribution in [2.75, 3.05) is 26.6 Å². The first kappa shape index (κ1) is 24.4. The third kappa shape index (κ3) is 5.05. The Kier molecular flexibility index (Phi) is 7.60. The highest BCUT2D eigenvalue weighted by atomic mass is 35.5. The van der Waals surface area contributed by atoms with Crippen molar-refractivity contribution < 1.29 is 23.8 Å². The lowest BCUT2D eigenvalue weighted by atomic mass is 10.0. The number of amidine groups is 1. The molecular weight excluding hydrogens is 460 g/mol. The maximum atomic E-state index is 12.6. The number of amides is 2. The van der Waals surface area contributed by atoms with Crippen LogP contribution < -0.4 is 31.0 Å². The van der Waals surface area contributed by atoms with Crippen LogP contribution in [0.2, 0.25) is 5.02 Å². The Morgan fingerprint density at radius 3 is 2.21 bits per heavy atom. The van der Waals surface area contributed by atoms with Gasteiger partial charge in [-0.05, 0) is 36.4 Å². The fourth-order valence-electron chi connectivity index (χ4n) is 3.30. The first-order valence-corrected chi connectivity index (χ1v) is 10.3. The molecule has 0 saturated carbocycles. The Hall–Kier alpha value is -4.24. The van der Waals surface area contributed by atoms with Crippen molar-refractivity contribution in [3.63, 3.8) is 0 Å². The molecule has 176 valence electrons. The van der Waals surface area contributed by atoms with Crippen molar-refractivity contribution in [3.05, 3.63) is 76.3 Å². The molecule has 34 heavy (non-hydrogen) atoms. The number of nitrogens with zero attached hydrogens (tertiary/aromatic N) is 1. The van der Waals surface area contributed by atoms with E-state index in [-0.39, 0.29) is 40.1 Å². The van der Waals surface area contributed by atoms with Gasteiger partial charge in [-0.2, -0.15) is 0 Å². The number of primary amides is 1. The summed E-state index contributed by atoms with van der Waals surface area (Å²) in [5, 5.41) is 3.10. The van der Waals surface area contributed by atoms with E-state index in [9.17, 15) is 9.59 Å². The van der Waals surface area contributed by atoms with E-state index in [1.54, 1.807) is 48.5 Å². The second kappa shape index (κ2) is 10.6. The van der Waals surface area contributed by atoms with Gasteiger partial charge in [-0.1, -0.05) is 29.8 Å². The molecule has 9 nitrogen and oxygen atoms in total. The van der Waals surface area contributed by atoms with Crippen molar-refractivity contribution in [2.45, 2.75) is 0 Å². The van der Waals surface area contributed by atoms with E-state index in [2.05, 4.69) is 10.3 Å². The van der Waals surface area contributed by atoms with Gasteiger partial charge in [0.25, 0.3) is 5.91 Å². The van der Waals surface area contributed by atoms with Crippen LogP contribution in [0, 0.1) is 0 Å². The number of methoxy groups -OCH3 is 3. The molecule has 0 atom stereocenters. The molecule has 0 aliphatic carbocycles. The van der Waals surface area contributed by atoms with Crippen LogP contribution in [-0.2, 0) is 0 Å². The molecule has 2 amide bonds. The highest BCUT2D eigenvalue weighted by Gasteiger charge is 2.25. The van der Waals surface area contributed by atoms with E-state index in [0.717, 1.165) is 0 Å². The molecule has 3 aromatic carbocycles. The minimum atomic E-state index is -0.756. The van der Waals surface area contributed by atoms with Gasteiger partial charge < -0.3 is 31.0 Å². The van der Waals surface area contributed by atoms with E-state index in [1.165, 1.54) is 27.4 Å². The lowest BCUT2D eigenvalue weighted by Gasteiger charge is -2.18. The number of benzene rings is 3. The molecule has 0 fully saturated rings. The predicted octanol–water partition coefficient (Wildman–Crippen LogP) is 3.75. The zero-order chi connectivity index (χ0) is 24.8. The monoisotopic (exact) mass is 482 g/mol. The predicted molar refractivity (Wildman–Crippen MR) is 131 cm³/mol. The minimum Gasteiger partial charge on any atom is -0.493 e. The Bertz CT molecular complexity index is 1280. The van der Waals surface area contributed by atoms with E-state index in [4.69, 9.17) is 37.3 Å². The molecule has 3 aromatic rings. The number of carbonyl (C=O) groups is 2. The van der Waals surface area contributed by atoms with Crippen LogP contribution in [0.15, 0.2) is 59.6 Å². The molecule has 3 rings (SSSR count). The van der Waals surface area contributed by atoms with Crippen molar-refractivity contribution in [1.29, 1.82) is 0 Å². The van der Waals surface area contributed by atoms with Crippen LogP contribution in [0.3, 0.4) is 0 Å². The molecule has 5 N–H and O–H groups in total. The maximum Gasteiger partial charge on any atom is 0.257 e. The Labute approximate surface area is 201 Å². The highest BCUT2D eigenvalue weighted by Crippen LogP contribution is 2.42. The summed E-state index contributed by atoms with van der Waals surface area (Å²) in [6.45, 7) is 0. The van der Waals surface area contributed by atoms with Gasteiger partial charge in [-0.15, -0.1) is 0 Å². The summed E-state index contributed by atoms with van der Waals surface area (Å²) in [6, 6.07) is 14.8. The number of rotatable bonds is 8. The number of ether oxygens (including phenoxy) is 3. The smallest absolute Gasteiger partial charge is 0.257 e. The summed E-state index contributed by atoms with van der Waals surface area (Å²) in [7, 11) is 4.23. The number of carbonyl (C=O) groups excluding carboxylic acids is 2. The quantitative estimate of drug-likeness (QED) is 0.330. The Morgan fingerprint density at radius 1 is 0.882 bits per heavy atom. The molecule has 0 radical (unpaired) electrons. The number of nitrogens with two attached hydrogens (primary N) is 2. The van der Waals surface area contributed by atoms with Gasteiger partial charge in [0.05, 0.1) is 48.7 Å². The van der Waals surface area contributed by atoms with E-state index in [0.29, 0.717) is 22.0 Å². The maximum absolute atomic E-state index is 12.6. The highest BCUT2D eigenvalue weighted by molar-refractivity contribution is 6.34. The van der Waals surface area contributed by atoms with Gasteiger partial charge in [0.15, 0.2) is 11.5 Å². The molecule has 0 saturated heterocycles. The van der Waals surface area contributed by atoms with Gasteiger partial charge in [-0.25, -0.2) is 4.99 Å². The summed E-state index contributed by atoms with van der Waals surface area (Å²) < 4.78 is 16.1. The summed E-state index contributed by atoms with van der Waals surface area (Å²) in [4.78, 5) is 29.1. The van der Waals surface area contributed by atoms with Crippen LogP contribution in [-0.4, -0.2) is 39.0 Å². The van der Waals surface area contributed by atoms with Gasteiger partial charge in [0.2, 0.25) is 11.7 Å². The first-order valence-electron chi connectivity index (χ1n) is 9.93. The lowest BCUT2D eigenvalue weighted by Crippen LogP contribution is -2.23. The van der Waals surface area contributed by atoms with Crippen LogP contribution >= 0.6 is 11.6 Å². The average molecular weight is 483 g/mol. The lowest BCUT2D eigenvalue weighted by molar-refractivity contribution is 0.0996. The van der Waals surface area contributed by atoms with Crippen molar-refractivity contribution in [2.24, 2.45) is 16.5 Å². The topological polar surface area (TPSA) is 138 Å². The van der Waals surface area contributed by atoms with Crippen molar-refractivity contribution in [3.8, 4) is 17.2 Å². The van der Waals surface area contributed by atoms with Crippen molar-refractivity contribution >= 4 is 40.6 Å². The summed E-state index contributed by atoms with van der Waals surface area (Å²) in [5.41, 5.74) is 13.2. The second-order valence-corrected chi connectivity index (χ2v) is 7.32. The molecule has 0 spiro atoms. The fourth-order valence-corrected chi connectivity index (χ4v) is 3.52. The molecule has 0 heterocycles. The standard InChI is InChI=1S/C24H23ClN4O5/c1-32-18-12-16(23(27)30)19(21(34-3)20(18)33-2)22(26)28-13-7-6-8-14(11-13)29-24(31)15-9-4-5-10-17(15)25/h4-12H,1-3H3,(H2,26,28)(H2,27,30)(H,29,31). The number of hydrogen-bond acceptors (Lipinski definition) is 6. The third-order valence-electron chi connectivity index (χ3n) is 4.82. The zero-order valence-corrected chi connectivity index (χ0v) is 19.5. The van der Waals surface area contributed by atoms with Crippen LogP contribution in [0.5, 0.6) is 17.2 Å². The third-order valence-corrected chi connectivity index (χ3v) is 5.15.